The Morgan fingerprint density at radius 2 is 1.60 bits per heavy atom. The van der Waals surface area contributed by atoms with Crippen LogP contribution in [0.4, 0.5) is 18.9 Å². The number of carbonyl (C=O) groups excluding carboxylic acids is 2. The van der Waals surface area contributed by atoms with E-state index in [1.165, 1.54) is 17.0 Å². The summed E-state index contributed by atoms with van der Waals surface area (Å²) in [6.45, 7) is 2.14. The van der Waals surface area contributed by atoms with Crippen molar-refractivity contribution >= 4 is 17.5 Å². The molecule has 0 aromatic heterocycles. The van der Waals surface area contributed by atoms with Gasteiger partial charge in [-0.3, -0.25) is 9.59 Å². The zero-order chi connectivity index (χ0) is 18.4. The number of anilines is 1. The van der Waals surface area contributed by atoms with Crippen LogP contribution in [-0.2, 0) is 22.3 Å². The van der Waals surface area contributed by atoms with Crippen LogP contribution >= 0.6 is 0 Å². The maximum atomic E-state index is 13.0. The largest absolute Gasteiger partial charge is 0.418 e. The number of halogens is 3. The second kappa shape index (κ2) is 7.83. The Kier molecular flexibility index (Phi) is 5.80. The number of alkyl halides is 3. The molecular weight excluding hydrogens is 333 g/mol. The predicted octanol–water partition coefficient (Wildman–Crippen LogP) is 3.69. The van der Waals surface area contributed by atoms with Crippen LogP contribution in [0.15, 0.2) is 54.6 Å². The molecule has 0 radical (unpaired) electrons. The highest BCUT2D eigenvalue weighted by molar-refractivity contribution is 6.39. The van der Waals surface area contributed by atoms with Gasteiger partial charge in [-0.2, -0.15) is 13.2 Å². The zero-order valence-electron chi connectivity index (χ0n) is 13.5. The van der Waals surface area contributed by atoms with Crippen LogP contribution in [0, 0.1) is 0 Å². The first-order valence-corrected chi connectivity index (χ1v) is 7.63. The van der Waals surface area contributed by atoms with Gasteiger partial charge in [0, 0.05) is 13.1 Å². The van der Waals surface area contributed by atoms with Crippen molar-refractivity contribution < 1.29 is 22.8 Å². The highest BCUT2D eigenvalue weighted by Crippen LogP contribution is 2.34. The van der Waals surface area contributed by atoms with Gasteiger partial charge in [0.2, 0.25) is 0 Å². The van der Waals surface area contributed by atoms with Gasteiger partial charge in [-0.1, -0.05) is 42.5 Å². The summed E-state index contributed by atoms with van der Waals surface area (Å²) in [5.74, 6) is -1.99. The van der Waals surface area contributed by atoms with E-state index in [0.717, 1.165) is 17.7 Å². The van der Waals surface area contributed by atoms with Crippen LogP contribution in [-0.4, -0.2) is 23.3 Å². The van der Waals surface area contributed by atoms with E-state index in [4.69, 9.17) is 0 Å². The fraction of sp³-hybridized carbons (Fsp3) is 0.222. The Morgan fingerprint density at radius 3 is 2.20 bits per heavy atom. The van der Waals surface area contributed by atoms with Crippen molar-refractivity contribution in [1.82, 2.24) is 4.90 Å². The second-order valence-electron chi connectivity index (χ2n) is 5.30. The Hall–Kier alpha value is -2.83. The minimum Gasteiger partial charge on any atom is -0.330 e. The molecule has 0 atom stereocenters. The molecule has 2 rings (SSSR count). The lowest BCUT2D eigenvalue weighted by Crippen LogP contribution is -2.39. The number of hydrogen-bond acceptors (Lipinski definition) is 2. The number of nitrogens with zero attached hydrogens (tertiary/aromatic N) is 1. The van der Waals surface area contributed by atoms with Gasteiger partial charge < -0.3 is 10.2 Å². The van der Waals surface area contributed by atoms with Crippen molar-refractivity contribution in [2.24, 2.45) is 0 Å². The first-order valence-electron chi connectivity index (χ1n) is 7.63. The lowest BCUT2D eigenvalue weighted by Gasteiger charge is -2.21. The Morgan fingerprint density at radius 1 is 1.00 bits per heavy atom. The van der Waals surface area contributed by atoms with Crippen molar-refractivity contribution in [3.8, 4) is 0 Å². The van der Waals surface area contributed by atoms with Gasteiger partial charge in [0.15, 0.2) is 0 Å². The molecule has 2 aromatic carbocycles. The van der Waals surface area contributed by atoms with Crippen LogP contribution in [0.3, 0.4) is 0 Å². The normalized spacial score (nSPS) is 11.0. The number of nitrogens with one attached hydrogen (secondary N) is 1. The number of likely N-dealkylation sites (N-methyl/N-ethyl adjacent to an activating group) is 1. The van der Waals surface area contributed by atoms with Gasteiger partial charge in [-0.05, 0) is 24.6 Å². The number of amides is 2. The van der Waals surface area contributed by atoms with Gasteiger partial charge in [0.25, 0.3) is 0 Å². The van der Waals surface area contributed by atoms with E-state index in [1.54, 1.807) is 31.2 Å². The van der Waals surface area contributed by atoms with E-state index in [1.807, 2.05) is 6.07 Å². The lowest BCUT2D eigenvalue weighted by molar-refractivity contribution is -0.143. The summed E-state index contributed by atoms with van der Waals surface area (Å²) in [6.07, 6.45) is -4.62. The highest BCUT2D eigenvalue weighted by atomic mass is 19.4. The summed E-state index contributed by atoms with van der Waals surface area (Å²) in [5.41, 5.74) is -0.618. The molecule has 0 unspecified atom stereocenters. The van der Waals surface area contributed by atoms with Gasteiger partial charge in [0.1, 0.15) is 0 Å². The fourth-order valence-corrected chi connectivity index (χ4v) is 2.29. The maximum absolute atomic E-state index is 13.0. The molecule has 0 saturated carbocycles. The van der Waals surface area contributed by atoms with E-state index in [0.29, 0.717) is 0 Å². The van der Waals surface area contributed by atoms with E-state index in [2.05, 4.69) is 5.32 Å². The fourth-order valence-electron chi connectivity index (χ4n) is 2.29. The minimum absolute atomic E-state index is 0.199. The van der Waals surface area contributed by atoms with Crippen molar-refractivity contribution in [2.75, 3.05) is 11.9 Å². The third-order valence-corrected chi connectivity index (χ3v) is 3.56. The SMILES string of the molecule is CCN(Cc1ccccc1)C(=O)C(=O)Nc1ccccc1C(F)(F)F. The standard InChI is InChI=1S/C18H17F3N2O2/c1-2-23(12-13-8-4-3-5-9-13)17(25)16(24)22-15-11-7-6-10-14(15)18(19,20)21/h3-11H,2,12H2,1H3,(H,22,24). The molecule has 4 nitrogen and oxygen atoms in total. The summed E-state index contributed by atoms with van der Waals surface area (Å²) >= 11 is 0. The summed E-state index contributed by atoms with van der Waals surface area (Å²) < 4.78 is 38.9. The molecule has 25 heavy (non-hydrogen) atoms. The van der Waals surface area contributed by atoms with E-state index < -0.39 is 29.2 Å². The number of benzene rings is 2. The first kappa shape index (κ1) is 18.5. The zero-order valence-corrected chi connectivity index (χ0v) is 13.5. The number of carbonyl (C=O) groups is 2. The molecule has 0 aliphatic carbocycles. The number of hydrogen-bond donors (Lipinski definition) is 1. The molecule has 0 heterocycles. The summed E-state index contributed by atoms with van der Waals surface area (Å²) in [5, 5.41) is 2.07. The molecule has 0 aliphatic heterocycles. The molecule has 132 valence electrons. The van der Waals surface area contributed by atoms with Crippen LogP contribution in [0.25, 0.3) is 0 Å². The molecule has 2 aromatic rings. The molecule has 0 aliphatic rings. The smallest absolute Gasteiger partial charge is 0.330 e. The molecule has 7 heteroatoms. The topological polar surface area (TPSA) is 49.4 Å². The van der Waals surface area contributed by atoms with E-state index >= 15 is 0 Å². The predicted molar refractivity (Wildman–Crippen MR) is 87.6 cm³/mol. The molecular formula is C18H17F3N2O2. The van der Waals surface area contributed by atoms with Gasteiger partial charge in [-0.25, -0.2) is 0 Å². The van der Waals surface area contributed by atoms with Gasteiger partial charge in [0.05, 0.1) is 11.3 Å². The highest BCUT2D eigenvalue weighted by Gasteiger charge is 2.34. The van der Waals surface area contributed by atoms with Crippen LogP contribution in [0.5, 0.6) is 0 Å². The first-order chi connectivity index (χ1) is 11.8. The molecule has 0 spiro atoms. The summed E-state index contributed by atoms with van der Waals surface area (Å²) in [4.78, 5) is 25.7. The second-order valence-corrected chi connectivity index (χ2v) is 5.30. The van der Waals surface area contributed by atoms with E-state index in [9.17, 15) is 22.8 Å². The molecule has 0 bridgehead atoms. The van der Waals surface area contributed by atoms with Crippen molar-refractivity contribution in [3.63, 3.8) is 0 Å². The van der Waals surface area contributed by atoms with Crippen molar-refractivity contribution in [3.05, 3.63) is 65.7 Å². The monoisotopic (exact) mass is 350 g/mol. The Labute approximate surface area is 143 Å². The van der Waals surface area contributed by atoms with Crippen LogP contribution in [0.1, 0.15) is 18.1 Å². The summed E-state index contributed by atoms with van der Waals surface area (Å²) in [7, 11) is 0. The molecule has 0 fully saturated rings. The van der Waals surface area contributed by atoms with Crippen LogP contribution < -0.4 is 5.32 Å². The Bertz CT molecular complexity index is 745. The quantitative estimate of drug-likeness (QED) is 0.855. The van der Waals surface area contributed by atoms with Gasteiger partial charge >= 0.3 is 18.0 Å². The maximum Gasteiger partial charge on any atom is 0.418 e. The Balaban J connectivity index is 2.13. The third-order valence-electron chi connectivity index (χ3n) is 3.56. The van der Waals surface area contributed by atoms with Crippen molar-refractivity contribution in [1.29, 1.82) is 0 Å². The van der Waals surface area contributed by atoms with E-state index in [-0.39, 0.29) is 13.1 Å². The molecule has 2 amide bonds. The summed E-state index contributed by atoms with van der Waals surface area (Å²) in [6, 6.07) is 13.6. The average molecular weight is 350 g/mol. The van der Waals surface area contributed by atoms with Crippen LogP contribution in [0.2, 0.25) is 0 Å². The molecule has 1 N–H and O–H groups in total. The minimum atomic E-state index is -4.62. The average Bonchev–Trinajstić information content (AvgIpc) is 2.59. The van der Waals surface area contributed by atoms with Crippen molar-refractivity contribution in [2.45, 2.75) is 19.6 Å². The van der Waals surface area contributed by atoms with Gasteiger partial charge in [-0.15, -0.1) is 0 Å². The third kappa shape index (κ3) is 4.82. The number of rotatable bonds is 4. The number of para-hydroxylation sites is 1. The molecule has 0 saturated heterocycles. The lowest BCUT2D eigenvalue weighted by atomic mass is 10.1.